The average Bonchev–Trinajstić information content (AvgIpc) is 3.17. The molecule has 32 heavy (non-hydrogen) atoms. The lowest BCUT2D eigenvalue weighted by molar-refractivity contribution is -0.121. The number of hydrogen-bond acceptors (Lipinski definition) is 6. The first kappa shape index (κ1) is 23.9. The Kier molecular flexibility index (Phi) is 8.35. The second-order valence-electron chi connectivity index (χ2n) is 8.53. The lowest BCUT2D eigenvalue weighted by atomic mass is 9.96. The van der Waals surface area contributed by atoms with Crippen LogP contribution in [0.4, 0.5) is 10.8 Å². The van der Waals surface area contributed by atoms with Crippen LogP contribution >= 0.6 is 11.3 Å². The number of para-hydroxylation sites is 1. The van der Waals surface area contributed by atoms with Gasteiger partial charge in [-0.15, -0.1) is 11.3 Å². The fourth-order valence-electron chi connectivity index (χ4n) is 3.55. The van der Waals surface area contributed by atoms with E-state index in [1.807, 2.05) is 31.1 Å². The molecule has 2 heterocycles. The maximum atomic E-state index is 12.6. The SMILES string of the molecule is Cc1csc(NC(=O)C2CCN(CC(=O)Nc3ccccc3C(=O)NCC(C)C)CC2)n1. The summed E-state index contributed by atoms with van der Waals surface area (Å²) in [5.74, 6) is -0.114. The Bertz CT molecular complexity index is 951. The number of aryl methyl sites for hydroxylation is 1. The molecule has 1 fully saturated rings. The van der Waals surface area contributed by atoms with Crippen LogP contribution in [0.15, 0.2) is 29.6 Å². The number of aromatic nitrogens is 1. The Morgan fingerprint density at radius 3 is 2.53 bits per heavy atom. The number of rotatable bonds is 8. The molecule has 1 aliphatic heterocycles. The number of amides is 3. The fourth-order valence-corrected chi connectivity index (χ4v) is 4.24. The third-order valence-corrected chi connectivity index (χ3v) is 6.17. The molecule has 172 valence electrons. The Morgan fingerprint density at radius 2 is 1.88 bits per heavy atom. The summed E-state index contributed by atoms with van der Waals surface area (Å²) in [6, 6.07) is 7.02. The van der Waals surface area contributed by atoms with Crippen LogP contribution in [-0.4, -0.2) is 53.8 Å². The minimum absolute atomic E-state index is 0.00945. The van der Waals surface area contributed by atoms with Gasteiger partial charge in [-0.25, -0.2) is 4.98 Å². The molecule has 0 saturated carbocycles. The standard InChI is InChI=1S/C23H31N5O3S/c1-15(2)12-24-22(31)18-6-4-5-7-19(18)26-20(29)13-28-10-8-17(9-11-28)21(30)27-23-25-16(3)14-32-23/h4-7,14-15,17H,8-13H2,1-3H3,(H,24,31)(H,26,29)(H,25,27,30). The number of carbonyl (C=O) groups is 3. The van der Waals surface area contributed by atoms with Gasteiger partial charge >= 0.3 is 0 Å². The Labute approximate surface area is 192 Å². The second kappa shape index (κ2) is 11.2. The van der Waals surface area contributed by atoms with Crippen molar-refractivity contribution in [3.63, 3.8) is 0 Å². The van der Waals surface area contributed by atoms with Crippen molar-refractivity contribution in [2.45, 2.75) is 33.6 Å². The first-order valence-corrected chi connectivity index (χ1v) is 11.8. The highest BCUT2D eigenvalue weighted by atomic mass is 32.1. The van der Waals surface area contributed by atoms with Gasteiger partial charge in [-0.1, -0.05) is 26.0 Å². The largest absolute Gasteiger partial charge is 0.352 e. The Balaban J connectivity index is 1.47. The quantitative estimate of drug-likeness (QED) is 0.565. The summed E-state index contributed by atoms with van der Waals surface area (Å²) in [5.41, 5.74) is 1.85. The minimum Gasteiger partial charge on any atom is -0.352 e. The van der Waals surface area contributed by atoms with E-state index in [9.17, 15) is 14.4 Å². The van der Waals surface area contributed by atoms with Crippen molar-refractivity contribution in [2.75, 3.05) is 36.8 Å². The van der Waals surface area contributed by atoms with E-state index < -0.39 is 0 Å². The van der Waals surface area contributed by atoms with Crippen molar-refractivity contribution in [3.8, 4) is 0 Å². The van der Waals surface area contributed by atoms with Gasteiger partial charge in [0.15, 0.2) is 5.13 Å². The number of anilines is 2. The predicted molar refractivity (Wildman–Crippen MR) is 127 cm³/mol. The normalized spacial score (nSPS) is 14.9. The van der Waals surface area contributed by atoms with Crippen LogP contribution in [0.25, 0.3) is 0 Å². The lowest BCUT2D eigenvalue weighted by Gasteiger charge is -2.30. The number of piperidine rings is 1. The third-order valence-electron chi connectivity index (χ3n) is 5.29. The molecule has 0 radical (unpaired) electrons. The number of nitrogens with one attached hydrogen (secondary N) is 3. The zero-order chi connectivity index (χ0) is 23.1. The second-order valence-corrected chi connectivity index (χ2v) is 9.39. The van der Waals surface area contributed by atoms with Crippen molar-refractivity contribution < 1.29 is 14.4 Å². The van der Waals surface area contributed by atoms with Gasteiger partial charge in [-0.3, -0.25) is 19.3 Å². The van der Waals surface area contributed by atoms with Gasteiger partial charge in [0.1, 0.15) is 0 Å². The van der Waals surface area contributed by atoms with E-state index in [2.05, 4.69) is 20.9 Å². The molecule has 1 aliphatic rings. The monoisotopic (exact) mass is 457 g/mol. The van der Waals surface area contributed by atoms with E-state index >= 15 is 0 Å². The molecule has 0 bridgehead atoms. The first-order chi connectivity index (χ1) is 15.3. The van der Waals surface area contributed by atoms with Crippen molar-refractivity contribution >= 4 is 39.9 Å². The van der Waals surface area contributed by atoms with Crippen LogP contribution in [0.5, 0.6) is 0 Å². The van der Waals surface area contributed by atoms with E-state index in [0.717, 1.165) is 5.69 Å². The topological polar surface area (TPSA) is 103 Å². The van der Waals surface area contributed by atoms with E-state index in [0.29, 0.717) is 54.8 Å². The number of nitrogens with zero attached hydrogens (tertiary/aromatic N) is 2. The van der Waals surface area contributed by atoms with E-state index in [4.69, 9.17) is 0 Å². The minimum atomic E-state index is -0.197. The van der Waals surface area contributed by atoms with Crippen LogP contribution in [0.3, 0.4) is 0 Å². The number of hydrogen-bond donors (Lipinski definition) is 3. The van der Waals surface area contributed by atoms with Gasteiger partial charge in [-0.2, -0.15) is 0 Å². The van der Waals surface area contributed by atoms with Gasteiger partial charge in [0.05, 0.1) is 23.5 Å². The molecule has 2 aromatic rings. The van der Waals surface area contributed by atoms with Crippen molar-refractivity contribution in [3.05, 3.63) is 40.9 Å². The van der Waals surface area contributed by atoms with Gasteiger partial charge in [0.25, 0.3) is 5.91 Å². The van der Waals surface area contributed by atoms with Crippen LogP contribution in [0, 0.1) is 18.8 Å². The summed E-state index contributed by atoms with van der Waals surface area (Å²) in [7, 11) is 0. The number of thiazole rings is 1. The molecule has 1 saturated heterocycles. The molecular weight excluding hydrogens is 426 g/mol. The summed E-state index contributed by atoms with van der Waals surface area (Å²) in [4.78, 5) is 43.8. The lowest BCUT2D eigenvalue weighted by Crippen LogP contribution is -2.42. The Hall–Kier alpha value is -2.78. The summed E-state index contributed by atoms with van der Waals surface area (Å²) < 4.78 is 0. The Morgan fingerprint density at radius 1 is 1.16 bits per heavy atom. The zero-order valence-electron chi connectivity index (χ0n) is 18.8. The van der Waals surface area contributed by atoms with Gasteiger partial charge < -0.3 is 16.0 Å². The molecule has 0 aliphatic carbocycles. The molecule has 9 heteroatoms. The maximum Gasteiger partial charge on any atom is 0.253 e. The average molecular weight is 458 g/mol. The number of benzene rings is 1. The van der Waals surface area contributed by atoms with Gasteiger partial charge in [-0.05, 0) is 50.9 Å². The van der Waals surface area contributed by atoms with Crippen molar-refractivity contribution in [2.24, 2.45) is 11.8 Å². The highest BCUT2D eigenvalue weighted by Crippen LogP contribution is 2.21. The molecule has 0 spiro atoms. The highest BCUT2D eigenvalue weighted by Gasteiger charge is 2.26. The molecule has 3 N–H and O–H groups in total. The summed E-state index contributed by atoms with van der Waals surface area (Å²) >= 11 is 1.42. The number of carbonyl (C=O) groups excluding carboxylic acids is 3. The zero-order valence-corrected chi connectivity index (χ0v) is 19.6. The van der Waals surface area contributed by atoms with Crippen LogP contribution in [-0.2, 0) is 9.59 Å². The molecule has 3 amide bonds. The molecular formula is C23H31N5O3S. The van der Waals surface area contributed by atoms with Crippen LogP contribution in [0.1, 0.15) is 42.7 Å². The molecule has 8 nitrogen and oxygen atoms in total. The van der Waals surface area contributed by atoms with E-state index in [1.165, 1.54) is 11.3 Å². The van der Waals surface area contributed by atoms with Crippen LogP contribution < -0.4 is 16.0 Å². The highest BCUT2D eigenvalue weighted by molar-refractivity contribution is 7.13. The molecule has 0 atom stereocenters. The molecule has 1 aromatic heterocycles. The molecule has 3 rings (SSSR count). The number of likely N-dealkylation sites (tertiary alicyclic amines) is 1. The summed E-state index contributed by atoms with van der Waals surface area (Å²) in [6.45, 7) is 8.08. The predicted octanol–water partition coefficient (Wildman–Crippen LogP) is 3.13. The first-order valence-electron chi connectivity index (χ1n) is 10.9. The van der Waals surface area contributed by atoms with Crippen molar-refractivity contribution in [1.82, 2.24) is 15.2 Å². The fraction of sp³-hybridized carbons (Fsp3) is 0.478. The van der Waals surface area contributed by atoms with E-state index in [-0.39, 0.29) is 30.2 Å². The van der Waals surface area contributed by atoms with Crippen LogP contribution in [0.2, 0.25) is 0 Å². The van der Waals surface area contributed by atoms with E-state index in [1.54, 1.807) is 24.3 Å². The van der Waals surface area contributed by atoms with Gasteiger partial charge in [0, 0.05) is 17.8 Å². The summed E-state index contributed by atoms with van der Waals surface area (Å²) in [5, 5.41) is 11.2. The van der Waals surface area contributed by atoms with Crippen molar-refractivity contribution in [1.29, 1.82) is 0 Å². The smallest absolute Gasteiger partial charge is 0.253 e. The molecule has 1 aromatic carbocycles. The summed E-state index contributed by atoms with van der Waals surface area (Å²) in [6.07, 6.45) is 1.38. The third kappa shape index (κ3) is 6.86. The van der Waals surface area contributed by atoms with Gasteiger partial charge in [0.2, 0.25) is 11.8 Å². The molecule has 0 unspecified atom stereocenters. The maximum absolute atomic E-state index is 12.6.